The molecule has 9 heteroatoms. The number of hydrogen-bond donors (Lipinski definition) is 1. The topological polar surface area (TPSA) is 67.9 Å². The molecule has 2 aromatic carbocycles. The van der Waals surface area contributed by atoms with Crippen LogP contribution in [0.5, 0.6) is 11.5 Å². The number of halogens is 3. The summed E-state index contributed by atoms with van der Waals surface area (Å²) < 4.78 is 46.5. The van der Waals surface area contributed by atoms with Gasteiger partial charge >= 0.3 is 6.36 Å². The molecular formula is C20H19F3N2O4. The first-order chi connectivity index (χ1) is 13.5. The van der Waals surface area contributed by atoms with Gasteiger partial charge in [0.25, 0.3) is 5.91 Å². The number of ether oxygens (including phenoxy) is 2. The molecule has 0 spiro atoms. The van der Waals surface area contributed by atoms with Crippen molar-refractivity contribution in [3.63, 3.8) is 0 Å². The lowest BCUT2D eigenvalue weighted by Gasteiger charge is -2.38. The molecule has 0 saturated heterocycles. The van der Waals surface area contributed by atoms with E-state index in [9.17, 15) is 22.8 Å². The molecule has 0 aromatic heterocycles. The zero-order chi connectivity index (χ0) is 21.2. The minimum atomic E-state index is -4.82. The van der Waals surface area contributed by atoms with Crippen LogP contribution in [0.15, 0.2) is 48.5 Å². The summed E-state index contributed by atoms with van der Waals surface area (Å²) >= 11 is 0. The van der Waals surface area contributed by atoms with Crippen molar-refractivity contribution in [3.05, 3.63) is 48.5 Å². The molecule has 1 aliphatic heterocycles. The Hall–Kier alpha value is -3.23. The Morgan fingerprint density at radius 3 is 2.62 bits per heavy atom. The standard InChI is InChI=1S/C20H19F3N2O4/c1-19(2)18(27)25(15-8-3-4-9-16(15)29-19)11-10-17(26)24-13-6-5-7-14(12-13)28-20(21,22)23/h3-9,12H,10-11H2,1-2H3,(H,24,26). The van der Waals surface area contributed by atoms with E-state index in [1.54, 1.807) is 38.1 Å². The maximum absolute atomic E-state index is 12.7. The molecule has 1 N–H and O–H groups in total. The van der Waals surface area contributed by atoms with Crippen molar-refractivity contribution >= 4 is 23.2 Å². The van der Waals surface area contributed by atoms with Gasteiger partial charge in [0.15, 0.2) is 5.60 Å². The number of amides is 2. The highest BCUT2D eigenvalue weighted by Crippen LogP contribution is 2.37. The summed E-state index contributed by atoms with van der Waals surface area (Å²) in [5, 5.41) is 2.51. The van der Waals surface area contributed by atoms with E-state index in [0.717, 1.165) is 12.1 Å². The number of alkyl halides is 3. The predicted molar refractivity (Wildman–Crippen MR) is 99.9 cm³/mol. The van der Waals surface area contributed by atoms with Gasteiger partial charge in [-0.2, -0.15) is 0 Å². The fourth-order valence-corrected chi connectivity index (χ4v) is 2.95. The van der Waals surface area contributed by atoms with Gasteiger partial charge < -0.3 is 19.7 Å². The Morgan fingerprint density at radius 1 is 1.17 bits per heavy atom. The fourth-order valence-electron chi connectivity index (χ4n) is 2.95. The average Bonchev–Trinajstić information content (AvgIpc) is 2.60. The number of nitrogens with zero attached hydrogens (tertiary/aromatic N) is 1. The Morgan fingerprint density at radius 2 is 1.90 bits per heavy atom. The van der Waals surface area contributed by atoms with Gasteiger partial charge in [0.2, 0.25) is 5.91 Å². The number of para-hydroxylation sites is 2. The summed E-state index contributed by atoms with van der Waals surface area (Å²) in [5.41, 5.74) is -0.357. The van der Waals surface area contributed by atoms with Gasteiger partial charge in [-0.25, -0.2) is 0 Å². The third kappa shape index (κ3) is 4.98. The number of fused-ring (bicyclic) bond motifs is 1. The van der Waals surface area contributed by atoms with E-state index >= 15 is 0 Å². The molecule has 154 valence electrons. The molecule has 0 radical (unpaired) electrons. The number of carbonyl (C=O) groups is 2. The Bertz CT molecular complexity index is 928. The van der Waals surface area contributed by atoms with Crippen LogP contribution >= 0.6 is 0 Å². The van der Waals surface area contributed by atoms with Gasteiger partial charge in [-0.15, -0.1) is 13.2 Å². The monoisotopic (exact) mass is 408 g/mol. The van der Waals surface area contributed by atoms with Gasteiger partial charge in [-0.1, -0.05) is 18.2 Å². The predicted octanol–water partition coefficient (Wildman–Crippen LogP) is 4.12. The van der Waals surface area contributed by atoms with Crippen LogP contribution in [-0.4, -0.2) is 30.3 Å². The second-order valence-corrected chi connectivity index (χ2v) is 6.91. The smallest absolute Gasteiger partial charge is 0.476 e. The lowest BCUT2D eigenvalue weighted by molar-refractivity contribution is -0.274. The summed E-state index contributed by atoms with van der Waals surface area (Å²) in [6, 6.07) is 12.0. The van der Waals surface area contributed by atoms with Gasteiger partial charge in [0.1, 0.15) is 11.5 Å². The van der Waals surface area contributed by atoms with Crippen LogP contribution in [0.2, 0.25) is 0 Å². The molecule has 0 fully saturated rings. The maximum atomic E-state index is 12.7. The van der Waals surface area contributed by atoms with Crippen molar-refractivity contribution < 1.29 is 32.2 Å². The van der Waals surface area contributed by atoms with Crippen LogP contribution < -0.4 is 19.7 Å². The molecule has 2 amide bonds. The van der Waals surface area contributed by atoms with E-state index in [-0.39, 0.29) is 24.6 Å². The van der Waals surface area contributed by atoms with Crippen molar-refractivity contribution in [1.82, 2.24) is 0 Å². The highest BCUT2D eigenvalue weighted by Gasteiger charge is 2.40. The van der Waals surface area contributed by atoms with Crippen molar-refractivity contribution in [1.29, 1.82) is 0 Å². The average molecular weight is 408 g/mol. The molecule has 1 heterocycles. The number of nitrogens with one attached hydrogen (secondary N) is 1. The van der Waals surface area contributed by atoms with E-state index < -0.39 is 23.6 Å². The molecule has 0 aliphatic carbocycles. The normalized spacial score (nSPS) is 15.3. The fraction of sp³-hybridized carbons (Fsp3) is 0.300. The quantitative estimate of drug-likeness (QED) is 0.808. The number of anilines is 2. The molecule has 0 unspecified atom stereocenters. The molecule has 29 heavy (non-hydrogen) atoms. The minimum Gasteiger partial charge on any atom is -0.476 e. The number of hydrogen-bond acceptors (Lipinski definition) is 4. The zero-order valence-corrected chi connectivity index (χ0v) is 15.7. The third-order valence-electron chi connectivity index (χ3n) is 4.20. The van der Waals surface area contributed by atoms with Crippen molar-refractivity contribution in [2.75, 3.05) is 16.8 Å². The molecule has 0 atom stereocenters. The first-order valence-electron chi connectivity index (χ1n) is 8.81. The van der Waals surface area contributed by atoms with Crippen LogP contribution in [0.4, 0.5) is 24.5 Å². The summed E-state index contributed by atoms with van der Waals surface area (Å²) in [6.45, 7) is 3.38. The van der Waals surface area contributed by atoms with Crippen molar-refractivity contribution in [2.45, 2.75) is 32.2 Å². The molecule has 6 nitrogen and oxygen atoms in total. The highest BCUT2D eigenvalue weighted by molar-refractivity contribution is 6.03. The Labute approximate surface area is 165 Å². The van der Waals surface area contributed by atoms with E-state index in [1.165, 1.54) is 17.0 Å². The molecule has 3 rings (SSSR count). The van der Waals surface area contributed by atoms with E-state index in [2.05, 4.69) is 10.1 Å². The first kappa shape index (κ1) is 20.5. The van der Waals surface area contributed by atoms with E-state index in [0.29, 0.717) is 11.4 Å². The first-order valence-corrected chi connectivity index (χ1v) is 8.81. The SMILES string of the molecule is CC1(C)Oc2ccccc2N(CCC(=O)Nc2cccc(OC(F)(F)F)c2)C1=O. The number of benzene rings is 2. The largest absolute Gasteiger partial charge is 0.573 e. The van der Waals surface area contributed by atoms with E-state index in [1.807, 2.05) is 0 Å². The minimum absolute atomic E-state index is 0.0550. The summed E-state index contributed by atoms with van der Waals surface area (Å²) in [5.74, 6) is -0.642. The van der Waals surface area contributed by atoms with Gasteiger partial charge in [-0.05, 0) is 38.1 Å². The zero-order valence-electron chi connectivity index (χ0n) is 15.7. The van der Waals surface area contributed by atoms with Crippen LogP contribution in [0.25, 0.3) is 0 Å². The lowest BCUT2D eigenvalue weighted by Crippen LogP contribution is -2.53. The van der Waals surface area contributed by atoms with Gasteiger partial charge in [-0.3, -0.25) is 9.59 Å². The second-order valence-electron chi connectivity index (χ2n) is 6.91. The summed E-state index contributed by atoms with van der Waals surface area (Å²) in [4.78, 5) is 26.5. The Kier molecular flexibility index (Phi) is 5.41. The van der Waals surface area contributed by atoms with Gasteiger partial charge in [0.05, 0.1) is 5.69 Å². The highest BCUT2D eigenvalue weighted by atomic mass is 19.4. The number of carbonyl (C=O) groups excluding carboxylic acids is 2. The van der Waals surface area contributed by atoms with Crippen LogP contribution in [0.1, 0.15) is 20.3 Å². The summed E-state index contributed by atoms with van der Waals surface area (Å²) in [6.07, 6.45) is -4.87. The van der Waals surface area contributed by atoms with Crippen molar-refractivity contribution in [2.24, 2.45) is 0 Å². The molecule has 2 aromatic rings. The van der Waals surface area contributed by atoms with E-state index in [4.69, 9.17) is 4.74 Å². The van der Waals surface area contributed by atoms with Crippen molar-refractivity contribution in [3.8, 4) is 11.5 Å². The van der Waals surface area contributed by atoms with Gasteiger partial charge in [0, 0.05) is 24.7 Å². The Balaban J connectivity index is 1.67. The van der Waals surface area contributed by atoms with Crippen LogP contribution in [-0.2, 0) is 9.59 Å². The molecule has 0 saturated carbocycles. The molecular weight excluding hydrogens is 389 g/mol. The maximum Gasteiger partial charge on any atom is 0.573 e. The van der Waals surface area contributed by atoms with Crippen LogP contribution in [0.3, 0.4) is 0 Å². The second kappa shape index (κ2) is 7.65. The molecule has 0 bridgehead atoms. The van der Waals surface area contributed by atoms with Crippen LogP contribution in [0, 0.1) is 0 Å². The lowest BCUT2D eigenvalue weighted by atomic mass is 10.0. The summed E-state index contributed by atoms with van der Waals surface area (Å²) in [7, 11) is 0. The number of rotatable bonds is 5. The third-order valence-corrected chi connectivity index (χ3v) is 4.20. The molecule has 1 aliphatic rings.